The maximum absolute atomic E-state index is 10.6. The van der Waals surface area contributed by atoms with Gasteiger partial charge in [0.05, 0.1) is 12.1 Å². The number of carboxylic acids is 1. The molecule has 0 aromatic carbocycles. The van der Waals surface area contributed by atoms with Gasteiger partial charge in [-0.3, -0.25) is 9.48 Å². The van der Waals surface area contributed by atoms with Gasteiger partial charge in [0.15, 0.2) is 0 Å². The quantitative estimate of drug-likeness (QED) is 0.736. The molecule has 2 atom stereocenters. The first-order valence-corrected chi connectivity index (χ1v) is 4.32. The molecule has 2 rings (SSSR count). The number of aliphatic carboxylic acids is 1. The number of nitrogens with zero attached hydrogens (tertiary/aromatic N) is 2. The molecule has 0 radical (unpaired) electrons. The lowest BCUT2D eigenvalue weighted by Crippen LogP contribution is -1.99. The lowest BCUT2D eigenvalue weighted by Gasteiger charge is -1.97. The minimum Gasteiger partial charge on any atom is -0.481 e. The molecule has 1 aliphatic carbocycles. The fraction of sp³-hybridized carbons (Fsp3) is 0.556. The highest BCUT2D eigenvalue weighted by Crippen LogP contribution is 2.48. The van der Waals surface area contributed by atoms with Crippen LogP contribution in [0.5, 0.6) is 0 Å². The predicted octanol–water partition coefficient (Wildman–Crippen LogP) is 0.917. The van der Waals surface area contributed by atoms with Crippen molar-refractivity contribution < 1.29 is 9.90 Å². The summed E-state index contributed by atoms with van der Waals surface area (Å²) in [5, 5.41) is 12.9. The monoisotopic (exact) mass is 180 g/mol. The van der Waals surface area contributed by atoms with Crippen molar-refractivity contribution in [2.24, 2.45) is 13.0 Å². The number of hydrogen-bond acceptors (Lipinski definition) is 2. The fourth-order valence-electron chi connectivity index (χ4n) is 1.69. The molecule has 1 aromatic heterocycles. The first kappa shape index (κ1) is 8.29. The molecule has 1 aromatic rings. The van der Waals surface area contributed by atoms with Crippen LogP contribution in [0.1, 0.15) is 23.6 Å². The van der Waals surface area contributed by atoms with Crippen LogP contribution in [-0.4, -0.2) is 20.9 Å². The van der Waals surface area contributed by atoms with Crippen LogP contribution >= 0.6 is 0 Å². The molecule has 13 heavy (non-hydrogen) atoms. The Hall–Kier alpha value is -1.32. The van der Waals surface area contributed by atoms with Crippen LogP contribution < -0.4 is 0 Å². The molecule has 70 valence electrons. The zero-order chi connectivity index (χ0) is 9.59. The average molecular weight is 180 g/mol. The number of aryl methyl sites for hydroxylation is 1. The van der Waals surface area contributed by atoms with Gasteiger partial charge in [-0.25, -0.2) is 0 Å². The fourth-order valence-corrected chi connectivity index (χ4v) is 1.69. The zero-order valence-electron chi connectivity index (χ0n) is 7.69. The third-order valence-corrected chi connectivity index (χ3v) is 2.78. The predicted molar refractivity (Wildman–Crippen MR) is 46.4 cm³/mol. The lowest BCUT2D eigenvalue weighted by atomic mass is 10.1. The van der Waals surface area contributed by atoms with Crippen molar-refractivity contribution in [1.29, 1.82) is 0 Å². The first-order chi connectivity index (χ1) is 6.11. The second kappa shape index (κ2) is 2.58. The number of hydrogen-bond donors (Lipinski definition) is 1. The number of carbonyl (C=O) groups is 1. The van der Waals surface area contributed by atoms with Gasteiger partial charge in [-0.15, -0.1) is 0 Å². The zero-order valence-corrected chi connectivity index (χ0v) is 7.69. The van der Waals surface area contributed by atoms with E-state index in [0.29, 0.717) is 0 Å². The van der Waals surface area contributed by atoms with Crippen LogP contribution in [0.4, 0.5) is 0 Å². The smallest absolute Gasteiger partial charge is 0.307 e. The Balaban J connectivity index is 2.20. The van der Waals surface area contributed by atoms with Gasteiger partial charge < -0.3 is 5.11 Å². The minimum absolute atomic E-state index is 0.178. The number of carboxylic acid groups (broad SMARTS) is 1. The third-order valence-electron chi connectivity index (χ3n) is 2.78. The minimum atomic E-state index is -0.687. The molecule has 1 fully saturated rings. The second-order valence-corrected chi connectivity index (χ2v) is 3.60. The van der Waals surface area contributed by atoms with Crippen LogP contribution in [0.2, 0.25) is 0 Å². The Labute approximate surface area is 76.2 Å². The normalized spacial score (nSPS) is 26.0. The van der Waals surface area contributed by atoms with Gasteiger partial charge in [-0.1, -0.05) is 0 Å². The molecular formula is C9H12N2O2. The molecule has 0 saturated heterocycles. The molecule has 0 aliphatic heterocycles. The van der Waals surface area contributed by atoms with Gasteiger partial charge in [-0.2, -0.15) is 5.10 Å². The van der Waals surface area contributed by atoms with E-state index in [0.717, 1.165) is 17.7 Å². The summed E-state index contributed by atoms with van der Waals surface area (Å²) in [4.78, 5) is 10.6. The molecule has 4 nitrogen and oxygen atoms in total. The van der Waals surface area contributed by atoms with E-state index >= 15 is 0 Å². The van der Waals surface area contributed by atoms with E-state index in [1.807, 2.05) is 14.0 Å². The maximum atomic E-state index is 10.6. The Kier molecular flexibility index (Phi) is 1.65. The van der Waals surface area contributed by atoms with Gasteiger partial charge in [0.25, 0.3) is 0 Å². The van der Waals surface area contributed by atoms with Crippen molar-refractivity contribution in [3.05, 3.63) is 17.5 Å². The van der Waals surface area contributed by atoms with Crippen molar-refractivity contribution in [1.82, 2.24) is 9.78 Å². The Bertz CT molecular complexity index is 356. The number of rotatable bonds is 2. The summed E-state index contributed by atoms with van der Waals surface area (Å²) in [6, 6.07) is 0. The van der Waals surface area contributed by atoms with Gasteiger partial charge >= 0.3 is 5.97 Å². The van der Waals surface area contributed by atoms with E-state index in [2.05, 4.69) is 5.10 Å². The Morgan fingerprint density at radius 1 is 1.77 bits per heavy atom. The Morgan fingerprint density at radius 2 is 2.46 bits per heavy atom. The molecule has 1 heterocycles. The summed E-state index contributed by atoms with van der Waals surface area (Å²) < 4.78 is 1.78. The third kappa shape index (κ3) is 1.22. The summed E-state index contributed by atoms with van der Waals surface area (Å²) in [7, 11) is 1.87. The standard InChI is InChI=1S/C9H12N2O2/c1-5-8(4-10-11(5)2)6-3-7(6)9(12)13/h4,6-7H,3H2,1-2H3,(H,12,13)/t6-,7-/m0/s1. The maximum Gasteiger partial charge on any atom is 0.307 e. The van der Waals surface area contributed by atoms with Crippen LogP contribution in [0.15, 0.2) is 6.20 Å². The summed E-state index contributed by atoms with van der Waals surface area (Å²) in [6.45, 7) is 1.97. The van der Waals surface area contributed by atoms with Crippen LogP contribution in [-0.2, 0) is 11.8 Å². The second-order valence-electron chi connectivity index (χ2n) is 3.60. The molecule has 1 aliphatic rings. The highest BCUT2D eigenvalue weighted by atomic mass is 16.4. The average Bonchev–Trinajstić information content (AvgIpc) is 2.78. The molecule has 0 amide bonds. The molecule has 1 N–H and O–H groups in total. The van der Waals surface area contributed by atoms with E-state index < -0.39 is 5.97 Å². The van der Waals surface area contributed by atoms with Crippen molar-refractivity contribution in [3.8, 4) is 0 Å². The van der Waals surface area contributed by atoms with E-state index in [1.54, 1.807) is 10.9 Å². The van der Waals surface area contributed by atoms with Crippen molar-refractivity contribution in [2.75, 3.05) is 0 Å². The SMILES string of the molecule is Cc1c([C@H]2C[C@@H]2C(=O)O)cnn1C. The van der Waals surface area contributed by atoms with E-state index in [9.17, 15) is 4.79 Å². The summed E-state index contributed by atoms with van der Waals surface area (Å²) in [6.07, 6.45) is 2.55. The molecule has 1 saturated carbocycles. The van der Waals surface area contributed by atoms with Crippen LogP contribution in [0, 0.1) is 12.8 Å². The van der Waals surface area contributed by atoms with E-state index in [-0.39, 0.29) is 11.8 Å². The van der Waals surface area contributed by atoms with Gasteiger partial charge in [0.2, 0.25) is 0 Å². The summed E-state index contributed by atoms with van der Waals surface area (Å²) in [5.74, 6) is -0.664. The van der Waals surface area contributed by atoms with E-state index in [1.165, 1.54) is 0 Å². The number of aromatic nitrogens is 2. The van der Waals surface area contributed by atoms with Crippen molar-refractivity contribution in [3.63, 3.8) is 0 Å². The first-order valence-electron chi connectivity index (χ1n) is 4.32. The van der Waals surface area contributed by atoms with Crippen molar-refractivity contribution in [2.45, 2.75) is 19.3 Å². The molecular weight excluding hydrogens is 168 g/mol. The summed E-state index contributed by atoms with van der Waals surface area (Å²) >= 11 is 0. The van der Waals surface area contributed by atoms with Gasteiger partial charge in [-0.05, 0) is 18.9 Å². The Morgan fingerprint density at radius 3 is 2.85 bits per heavy atom. The van der Waals surface area contributed by atoms with E-state index in [4.69, 9.17) is 5.11 Å². The highest BCUT2D eigenvalue weighted by molar-refractivity contribution is 5.75. The lowest BCUT2D eigenvalue weighted by molar-refractivity contribution is -0.138. The van der Waals surface area contributed by atoms with Crippen LogP contribution in [0.3, 0.4) is 0 Å². The largest absolute Gasteiger partial charge is 0.481 e. The molecule has 0 spiro atoms. The molecule has 0 bridgehead atoms. The van der Waals surface area contributed by atoms with Crippen LogP contribution in [0.25, 0.3) is 0 Å². The molecule has 0 unspecified atom stereocenters. The highest BCUT2D eigenvalue weighted by Gasteiger charge is 2.45. The summed E-state index contributed by atoms with van der Waals surface area (Å²) in [5.41, 5.74) is 2.17. The van der Waals surface area contributed by atoms with Gasteiger partial charge in [0.1, 0.15) is 0 Å². The van der Waals surface area contributed by atoms with Gasteiger partial charge in [0, 0.05) is 18.7 Å². The van der Waals surface area contributed by atoms with Crippen molar-refractivity contribution >= 4 is 5.97 Å². The molecule has 4 heteroatoms. The topological polar surface area (TPSA) is 55.1 Å².